The molecule has 2 atom stereocenters. The van der Waals surface area contributed by atoms with E-state index in [1.54, 1.807) is 39.0 Å². The van der Waals surface area contributed by atoms with Gasteiger partial charge in [-0.1, -0.05) is 11.6 Å². The third-order valence-corrected chi connectivity index (χ3v) is 3.32. The van der Waals surface area contributed by atoms with Gasteiger partial charge in [0.25, 0.3) is 0 Å². The molecule has 0 saturated carbocycles. The van der Waals surface area contributed by atoms with Crippen LogP contribution in [0.1, 0.15) is 33.3 Å². The minimum atomic E-state index is -2.00. The van der Waals surface area contributed by atoms with Gasteiger partial charge in [0.05, 0.1) is 7.11 Å². The number of methoxy groups -OCH3 is 1. The summed E-state index contributed by atoms with van der Waals surface area (Å²) in [7, 11) is 1.48. The number of alkyl halides is 1. The van der Waals surface area contributed by atoms with Gasteiger partial charge in [-0.15, -0.1) is 0 Å². The Hall–Kier alpha value is -1.33. The third kappa shape index (κ3) is 5.14. The predicted octanol–water partition coefficient (Wildman–Crippen LogP) is 3.29. The van der Waals surface area contributed by atoms with Gasteiger partial charge in [-0.05, 0) is 51.5 Å². The summed E-state index contributed by atoms with van der Waals surface area (Å²) in [6, 6.07) is 3.48. The Bertz CT molecular complexity index is 541. The highest BCUT2D eigenvalue weighted by Crippen LogP contribution is 2.30. The van der Waals surface area contributed by atoms with E-state index in [1.165, 1.54) is 14.0 Å². The van der Waals surface area contributed by atoms with E-state index >= 15 is 0 Å². The van der Waals surface area contributed by atoms with E-state index < -0.39 is 23.3 Å². The molecule has 2 N–H and O–H groups in total. The lowest BCUT2D eigenvalue weighted by molar-refractivity contribution is -0.160. The van der Waals surface area contributed by atoms with Gasteiger partial charge in [-0.2, -0.15) is 0 Å². The molecule has 0 radical (unpaired) electrons. The summed E-state index contributed by atoms with van der Waals surface area (Å²) >= 11 is 5.93. The first-order chi connectivity index (χ1) is 9.96. The largest absolute Gasteiger partial charge is 0.496 e. The van der Waals surface area contributed by atoms with Crippen LogP contribution in [0.4, 0.5) is 4.39 Å². The second kappa shape index (κ2) is 6.84. The maximum atomic E-state index is 14.9. The van der Waals surface area contributed by atoms with Crippen LogP contribution in [0.15, 0.2) is 18.2 Å². The molecule has 22 heavy (non-hydrogen) atoms. The Morgan fingerprint density at radius 2 is 1.95 bits per heavy atom. The van der Waals surface area contributed by atoms with Crippen LogP contribution < -0.4 is 10.5 Å². The molecule has 0 heterocycles. The summed E-state index contributed by atoms with van der Waals surface area (Å²) in [5, 5.41) is 0.456. The maximum Gasteiger partial charge on any atom is 0.326 e. The second-order valence-electron chi connectivity index (χ2n) is 6.42. The fourth-order valence-corrected chi connectivity index (χ4v) is 2.17. The Kier molecular flexibility index (Phi) is 5.82. The highest BCUT2D eigenvalue weighted by atomic mass is 35.5. The van der Waals surface area contributed by atoms with E-state index in [0.29, 0.717) is 16.3 Å². The number of nitrogens with two attached hydrogens (primary N) is 1. The summed E-state index contributed by atoms with van der Waals surface area (Å²) in [6.45, 7) is 6.37. The quantitative estimate of drug-likeness (QED) is 0.841. The molecule has 6 heteroatoms. The van der Waals surface area contributed by atoms with Crippen molar-refractivity contribution in [3.8, 4) is 5.75 Å². The Morgan fingerprint density at radius 1 is 1.36 bits per heavy atom. The molecule has 0 bridgehead atoms. The molecule has 0 aliphatic heterocycles. The lowest BCUT2D eigenvalue weighted by atomic mass is 9.90. The van der Waals surface area contributed by atoms with E-state index in [-0.39, 0.29) is 6.42 Å². The Balaban J connectivity index is 2.95. The van der Waals surface area contributed by atoms with Crippen molar-refractivity contribution in [2.75, 3.05) is 7.11 Å². The van der Waals surface area contributed by atoms with Crippen molar-refractivity contribution in [3.05, 3.63) is 28.8 Å². The molecular formula is C16H23ClFNO3. The second-order valence-corrected chi connectivity index (χ2v) is 6.86. The fraction of sp³-hybridized carbons (Fsp3) is 0.562. The average Bonchev–Trinajstić information content (AvgIpc) is 2.35. The minimum Gasteiger partial charge on any atom is -0.496 e. The summed E-state index contributed by atoms with van der Waals surface area (Å²) in [5.74, 6) is -0.289. The Labute approximate surface area is 135 Å². The predicted molar refractivity (Wildman–Crippen MR) is 85.0 cm³/mol. The molecular weight excluding hydrogens is 309 g/mol. The SMILES string of the molecule is COc1ccc(Cl)cc1CC(C)(F)C(N)C(=O)OC(C)(C)C. The molecule has 1 aromatic carbocycles. The molecule has 0 amide bonds. The molecule has 0 spiro atoms. The lowest BCUT2D eigenvalue weighted by Gasteiger charge is -2.29. The van der Waals surface area contributed by atoms with Gasteiger partial charge >= 0.3 is 5.97 Å². The molecule has 1 aromatic rings. The zero-order chi connectivity index (χ0) is 17.1. The summed E-state index contributed by atoms with van der Waals surface area (Å²) in [5.41, 5.74) is 3.57. The molecule has 0 aliphatic rings. The lowest BCUT2D eigenvalue weighted by Crippen LogP contribution is -2.51. The topological polar surface area (TPSA) is 61.5 Å². The van der Waals surface area contributed by atoms with Crippen LogP contribution >= 0.6 is 11.6 Å². The van der Waals surface area contributed by atoms with Gasteiger partial charge in [0.15, 0.2) is 0 Å². The van der Waals surface area contributed by atoms with Gasteiger partial charge in [0.1, 0.15) is 23.1 Å². The van der Waals surface area contributed by atoms with Crippen molar-refractivity contribution in [3.63, 3.8) is 0 Å². The number of carbonyl (C=O) groups is 1. The fourth-order valence-electron chi connectivity index (χ4n) is 1.98. The first-order valence-electron chi connectivity index (χ1n) is 6.96. The smallest absolute Gasteiger partial charge is 0.326 e. The van der Waals surface area contributed by atoms with Crippen LogP contribution in [0.25, 0.3) is 0 Å². The van der Waals surface area contributed by atoms with E-state index in [9.17, 15) is 9.18 Å². The van der Waals surface area contributed by atoms with Gasteiger partial charge in [0, 0.05) is 11.4 Å². The Morgan fingerprint density at radius 3 is 2.45 bits per heavy atom. The minimum absolute atomic E-state index is 0.114. The molecule has 0 fully saturated rings. The number of carbonyl (C=O) groups excluding carboxylic acids is 1. The van der Waals surface area contributed by atoms with Crippen molar-refractivity contribution in [2.24, 2.45) is 5.73 Å². The monoisotopic (exact) mass is 331 g/mol. The van der Waals surface area contributed by atoms with Gasteiger partial charge in [0.2, 0.25) is 0 Å². The molecule has 0 aromatic heterocycles. The van der Waals surface area contributed by atoms with Crippen LogP contribution in [-0.4, -0.2) is 30.4 Å². The highest BCUT2D eigenvalue weighted by molar-refractivity contribution is 6.30. The van der Waals surface area contributed by atoms with Crippen molar-refractivity contribution in [1.29, 1.82) is 0 Å². The molecule has 1 rings (SSSR count). The first kappa shape index (κ1) is 18.7. The molecule has 2 unspecified atom stereocenters. The maximum absolute atomic E-state index is 14.9. The standard InChI is InChI=1S/C16H23ClFNO3/c1-15(2,3)22-14(20)13(19)16(4,18)9-10-8-11(17)6-7-12(10)21-5/h6-8,13H,9,19H2,1-5H3. The average molecular weight is 332 g/mol. The van der Waals surface area contributed by atoms with Crippen molar-refractivity contribution in [1.82, 2.24) is 0 Å². The van der Waals surface area contributed by atoms with Crippen LogP contribution in [0.5, 0.6) is 5.75 Å². The highest BCUT2D eigenvalue weighted by Gasteiger charge is 2.40. The normalized spacial score (nSPS) is 15.8. The number of rotatable bonds is 5. The number of hydrogen-bond donors (Lipinski definition) is 1. The van der Waals surface area contributed by atoms with Crippen molar-refractivity contribution >= 4 is 17.6 Å². The van der Waals surface area contributed by atoms with E-state index in [0.717, 1.165) is 0 Å². The van der Waals surface area contributed by atoms with Crippen LogP contribution in [0, 0.1) is 0 Å². The molecule has 0 aliphatic carbocycles. The first-order valence-corrected chi connectivity index (χ1v) is 7.34. The number of benzene rings is 1. The summed E-state index contributed by atoms with van der Waals surface area (Å²) in [6.07, 6.45) is -0.114. The van der Waals surface area contributed by atoms with Gasteiger partial charge in [-0.3, -0.25) is 4.79 Å². The van der Waals surface area contributed by atoms with E-state index in [2.05, 4.69) is 0 Å². The van der Waals surface area contributed by atoms with Crippen molar-refractivity contribution in [2.45, 2.75) is 51.4 Å². The molecule has 4 nitrogen and oxygen atoms in total. The zero-order valence-electron chi connectivity index (χ0n) is 13.6. The molecule has 0 saturated heterocycles. The van der Waals surface area contributed by atoms with Crippen molar-refractivity contribution < 1.29 is 18.7 Å². The van der Waals surface area contributed by atoms with Crippen LogP contribution in [0.2, 0.25) is 5.02 Å². The van der Waals surface area contributed by atoms with E-state index in [1.807, 2.05) is 0 Å². The van der Waals surface area contributed by atoms with Crippen LogP contribution in [0.3, 0.4) is 0 Å². The van der Waals surface area contributed by atoms with Gasteiger partial charge in [-0.25, -0.2) is 4.39 Å². The van der Waals surface area contributed by atoms with Crippen LogP contribution in [-0.2, 0) is 16.0 Å². The number of esters is 1. The van der Waals surface area contributed by atoms with Gasteiger partial charge < -0.3 is 15.2 Å². The zero-order valence-corrected chi connectivity index (χ0v) is 14.3. The third-order valence-electron chi connectivity index (χ3n) is 3.09. The molecule has 124 valence electrons. The number of ether oxygens (including phenoxy) is 2. The van der Waals surface area contributed by atoms with E-state index in [4.69, 9.17) is 26.8 Å². The number of hydrogen-bond acceptors (Lipinski definition) is 4. The summed E-state index contributed by atoms with van der Waals surface area (Å²) < 4.78 is 25.2. The summed E-state index contributed by atoms with van der Waals surface area (Å²) in [4.78, 5) is 12.0. The number of halogens is 2.